The van der Waals surface area contributed by atoms with Crippen LogP contribution in [0.4, 0.5) is 0 Å². The van der Waals surface area contributed by atoms with Crippen molar-refractivity contribution < 1.29 is 13.3 Å². The first-order chi connectivity index (χ1) is 7.87. The highest BCUT2D eigenvalue weighted by Crippen LogP contribution is 2.13. The zero-order valence-electron chi connectivity index (χ0n) is 12.6. The van der Waals surface area contributed by atoms with Gasteiger partial charge >= 0.3 is 8.80 Å². The topological polar surface area (TPSA) is 53.7 Å². The van der Waals surface area contributed by atoms with E-state index in [1.54, 1.807) is 21.3 Å². The van der Waals surface area contributed by atoms with Gasteiger partial charge in [0, 0.05) is 33.4 Å². The van der Waals surface area contributed by atoms with E-state index in [0.29, 0.717) is 6.04 Å². The molecule has 0 aromatic heterocycles. The van der Waals surface area contributed by atoms with Crippen LogP contribution >= 0.6 is 0 Å². The number of nitrogens with two attached hydrogens (primary N) is 1. The minimum Gasteiger partial charge on any atom is -0.377 e. The van der Waals surface area contributed by atoms with Crippen molar-refractivity contribution in [3.63, 3.8) is 0 Å². The fourth-order valence-corrected chi connectivity index (χ4v) is 3.33. The second-order valence-corrected chi connectivity index (χ2v) is 7.74. The third kappa shape index (κ3) is 10.9. The van der Waals surface area contributed by atoms with Crippen LogP contribution in [0.5, 0.6) is 0 Å². The Hall–Kier alpha value is 0.0569. The van der Waals surface area contributed by atoms with Crippen molar-refractivity contribution in [1.82, 2.24) is 0 Å². The third-order valence-electron chi connectivity index (χ3n) is 2.33. The van der Waals surface area contributed by atoms with Gasteiger partial charge in [0.2, 0.25) is 0 Å². The summed E-state index contributed by atoms with van der Waals surface area (Å²) >= 11 is 0. The molecule has 0 radical (unpaired) electrons. The number of hydrogen-bond acceptors (Lipinski definition) is 4. The Morgan fingerprint density at radius 1 is 1.00 bits per heavy atom. The maximum Gasteiger partial charge on any atom is 0.500 e. The molecule has 0 amide bonds. The average Bonchev–Trinajstić information content (AvgIpc) is 2.25. The molecule has 1 unspecified atom stereocenters. The van der Waals surface area contributed by atoms with Gasteiger partial charge in [-0.15, -0.1) is 0 Å². The Kier molecular flexibility index (Phi) is 12.7. The van der Waals surface area contributed by atoms with Crippen molar-refractivity contribution in [1.29, 1.82) is 0 Å². The molecule has 1 atom stereocenters. The predicted octanol–water partition coefficient (Wildman–Crippen LogP) is 2.65. The van der Waals surface area contributed by atoms with Gasteiger partial charge in [0.15, 0.2) is 0 Å². The lowest BCUT2D eigenvalue weighted by Gasteiger charge is -2.23. The molecule has 4 nitrogen and oxygen atoms in total. The van der Waals surface area contributed by atoms with Crippen LogP contribution in [-0.4, -0.2) is 36.2 Å². The minimum atomic E-state index is -2.22. The van der Waals surface area contributed by atoms with Crippen LogP contribution in [0.25, 0.3) is 0 Å². The molecule has 5 heteroatoms. The second-order valence-electron chi connectivity index (χ2n) is 4.65. The van der Waals surface area contributed by atoms with E-state index < -0.39 is 8.80 Å². The quantitative estimate of drug-likeness (QED) is 0.719. The highest BCUT2D eigenvalue weighted by atomic mass is 28.4. The second kappa shape index (κ2) is 11.2. The fourth-order valence-electron chi connectivity index (χ4n) is 1.61. The molecule has 2 N–H and O–H groups in total. The zero-order chi connectivity index (χ0) is 13.9. The van der Waals surface area contributed by atoms with Gasteiger partial charge in [0.05, 0.1) is 0 Å². The monoisotopic (exact) mass is 265 g/mol. The van der Waals surface area contributed by atoms with Crippen molar-refractivity contribution in [2.24, 2.45) is 11.7 Å². The summed E-state index contributed by atoms with van der Waals surface area (Å²) in [6.07, 6.45) is 2.17. The first-order valence-electron chi connectivity index (χ1n) is 6.28. The first kappa shape index (κ1) is 19.4. The van der Waals surface area contributed by atoms with Crippen LogP contribution < -0.4 is 5.73 Å². The summed E-state index contributed by atoms with van der Waals surface area (Å²) in [6, 6.07) is 1.26. The van der Waals surface area contributed by atoms with Crippen LogP contribution in [0, 0.1) is 5.92 Å². The smallest absolute Gasteiger partial charge is 0.377 e. The van der Waals surface area contributed by atoms with Crippen LogP contribution in [-0.2, 0) is 13.3 Å². The van der Waals surface area contributed by atoms with E-state index in [2.05, 4.69) is 20.8 Å². The molecule has 0 spiro atoms. The van der Waals surface area contributed by atoms with Gasteiger partial charge in [-0.1, -0.05) is 27.2 Å². The third-order valence-corrected chi connectivity index (χ3v) is 5.31. The molecule has 0 saturated heterocycles. The molecule has 17 heavy (non-hydrogen) atoms. The molecule has 0 rings (SSSR count). The molecular weight excluding hydrogens is 234 g/mol. The first-order valence-corrected chi connectivity index (χ1v) is 8.21. The molecule has 0 aliphatic rings. The summed E-state index contributed by atoms with van der Waals surface area (Å²) in [5, 5.41) is 0. The van der Waals surface area contributed by atoms with E-state index in [0.717, 1.165) is 24.8 Å². The maximum atomic E-state index is 5.49. The number of hydrogen-bond donors (Lipinski definition) is 1. The van der Waals surface area contributed by atoms with Crippen LogP contribution in [0.15, 0.2) is 0 Å². The Morgan fingerprint density at radius 3 is 1.47 bits per heavy atom. The lowest BCUT2D eigenvalue weighted by Crippen LogP contribution is -2.42. The standard InChI is InChI=1S/C6H15N.C6H16O3Si/c1-5(2)4-6(3)7;1-5-6-10(7-2,8-3)9-4/h5-6H,4,7H2,1-3H3;5-6H2,1-4H3. The molecule has 0 aliphatic heterocycles. The molecule has 0 bridgehead atoms. The van der Waals surface area contributed by atoms with Crippen molar-refractivity contribution in [2.75, 3.05) is 21.3 Å². The van der Waals surface area contributed by atoms with E-state index in [1.165, 1.54) is 0 Å². The Morgan fingerprint density at radius 2 is 1.41 bits per heavy atom. The lowest BCUT2D eigenvalue weighted by molar-refractivity contribution is 0.123. The summed E-state index contributed by atoms with van der Waals surface area (Å²) in [6.45, 7) is 8.49. The van der Waals surface area contributed by atoms with Gasteiger partial charge in [-0.25, -0.2) is 0 Å². The SMILES string of the molecule is CC(C)CC(C)N.CCC[Si](OC)(OC)OC. The van der Waals surface area contributed by atoms with Gasteiger partial charge < -0.3 is 19.0 Å². The molecule has 0 aliphatic carbocycles. The highest BCUT2D eigenvalue weighted by Gasteiger charge is 2.36. The fraction of sp³-hybridized carbons (Fsp3) is 1.00. The van der Waals surface area contributed by atoms with Crippen LogP contribution in [0.1, 0.15) is 40.5 Å². The largest absolute Gasteiger partial charge is 0.500 e. The molecule has 106 valence electrons. The van der Waals surface area contributed by atoms with Gasteiger partial charge in [-0.3, -0.25) is 0 Å². The van der Waals surface area contributed by atoms with Gasteiger partial charge in [-0.2, -0.15) is 0 Å². The van der Waals surface area contributed by atoms with Crippen molar-refractivity contribution in [3.8, 4) is 0 Å². The van der Waals surface area contributed by atoms with Gasteiger partial charge in [0.25, 0.3) is 0 Å². The molecule has 0 saturated carbocycles. The summed E-state index contributed by atoms with van der Waals surface area (Å²) in [4.78, 5) is 0. The van der Waals surface area contributed by atoms with E-state index >= 15 is 0 Å². The van der Waals surface area contributed by atoms with E-state index in [4.69, 9.17) is 19.0 Å². The van der Waals surface area contributed by atoms with Crippen LogP contribution in [0.3, 0.4) is 0 Å². The normalized spacial score (nSPS) is 13.2. The average molecular weight is 265 g/mol. The predicted molar refractivity (Wildman–Crippen MR) is 75.0 cm³/mol. The van der Waals surface area contributed by atoms with Crippen molar-refractivity contribution in [3.05, 3.63) is 0 Å². The van der Waals surface area contributed by atoms with Gasteiger partial charge in [-0.05, 0) is 19.3 Å². The Labute approximate surface area is 108 Å². The molecule has 0 fully saturated rings. The minimum absolute atomic E-state index is 0.375. The zero-order valence-corrected chi connectivity index (χ0v) is 13.6. The lowest BCUT2D eigenvalue weighted by atomic mass is 10.1. The Balaban J connectivity index is 0. The molecule has 0 heterocycles. The molecule has 0 aromatic rings. The Bertz CT molecular complexity index is 148. The van der Waals surface area contributed by atoms with E-state index in [1.807, 2.05) is 6.92 Å². The summed E-state index contributed by atoms with van der Waals surface area (Å²) in [5.41, 5.74) is 5.49. The summed E-state index contributed by atoms with van der Waals surface area (Å²) in [5.74, 6) is 0.750. The molecule has 0 aromatic carbocycles. The molecular formula is C12H31NO3Si. The van der Waals surface area contributed by atoms with E-state index in [-0.39, 0.29) is 0 Å². The number of rotatable bonds is 7. The maximum absolute atomic E-state index is 5.49. The van der Waals surface area contributed by atoms with Crippen LogP contribution in [0.2, 0.25) is 6.04 Å². The van der Waals surface area contributed by atoms with Crippen molar-refractivity contribution >= 4 is 8.80 Å². The highest BCUT2D eigenvalue weighted by molar-refractivity contribution is 6.60. The summed E-state index contributed by atoms with van der Waals surface area (Å²) < 4.78 is 15.5. The van der Waals surface area contributed by atoms with Gasteiger partial charge in [0.1, 0.15) is 0 Å². The van der Waals surface area contributed by atoms with E-state index in [9.17, 15) is 0 Å². The summed E-state index contributed by atoms with van der Waals surface area (Å²) in [7, 11) is 2.68. The van der Waals surface area contributed by atoms with Crippen molar-refractivity contribution in [2.45, 2.75) is 52.6 Å².